The van der Waals surface area contributed by atoms with E-state index in [1.54, 1.807) is 0 Å². The maximum absolute atomic E-state index is 12.4. The number of hydrogen-bond acceptors (Lipinski definition) is 1. The Hall–Kier alpha value is -1.29. The first kappa shape index (κ1) is 13.1. The van der Waals surface area contributed by atoms with Crippen molar-refractivity contribution in [1.29, 1.82) is 0 Å². The molecule has 0 amide bonds. The Morgan fingerprint density at radius 2 is 1.83 bits per heavy atom. The molecule has 1 unspecified atom stereocenters. The summed E-state index contributed by atoms with van der Waals surface area (Å²) in [5, 5.41) is 9.94. The van der Waals surface area contributed by atoms with Gasteiger partial charge in [0.2, 0.25) is 0 Å². The number of allylic oxidation sites excluding steroid dienone is 1. The molecular formula is C14H15F3O. The predicted octanol–water partition coefficient (Wildman–Crippen LogP) is 3.72. The van der Waals surface area contributed by atoms with Gasteiger partial charge in [0.15, 0.2) is 0 Å². The van der Waals surface area contributed by atoms with Gasteiger partial charge in [0, 0.05) is 6.42 Å². The second-order valence-corrected chi connectivity index (χ2v) is 4.59. The summed E-state index contributed by atoms with van der Waals surface area (Å²) in [6.45, 7) is 0. The molecule has 0 saturated heterocycles. The number of rotatable bonds is 3. The van der Waals surface area contributed by atoms with Gasteiger partial charge in [-0.05, 0) is 42.5 Å². The zero-order valence-corrected chi connectivity index (χ0v) is 9.87. The molecule has 98 valence electrons. The molecular weight excluding hydrogens is 241 g/mol. The Balaban J connectivity index is 2.02. The van der Waals surface area contributed by atoms with Crippen molar-refractivity contribution in [3.63, 3.8) is 0 Å². The molecule has 1 N–H and O–H groups in total. The largest absolute Gasteiger partial charge is 0.416 e. The van der Waals surface area contributed by atoms with Crippen molar-refractivity contribution in [2.24, 2.45) is 0 Å². The van der Waals surface area contributed by atoms with Crippen LogP contribution in [0.3, 0.4) is 0 Å². The van der Waals surface area contributed by atoms with Gasteiger partial charge in [0.05, 0.1) is 11.7 Å². The van der Waals surface area contributed by atoms with Crippen molar-refractivity contribution in [3.8, 4) is 0 Å². The van der Waals surface area contributed by atoms with E-state index in [0.29, 0.717) is 6.42 Å². The van der Waals surface area contributed by atoms with Gasteiger partial charge in [-0.2, -0.15) is 13.2 Å². The van der Waals surface area contributed by atoms with E-state index in [1.165, 1.54) is 12.1 Å². The molecule has 2 rings (SSSR count). The molecule has 0 saturated carbocycles. The van der Waals surface area contributed by atoms with E-state index in [-0.39, 0.29) is 0 Å². The minimum atomic E-state index is -4.30. The van der Waals surface area contributed by atoms with Crippen molar-refractivity contribution >= 4 is 0 Å². The molecule has 0 aliphatic heterocycles. The molecule has 1 aromatic rings. The van der Waals surface area contributed by atoms with Crippen LogP contribution in [0.15, 0.2) is 35.9 Å². The number of aliphatic hydroxyl groups excluding tert-OH is 1. The van der Waals surface area contributed by atoms with Crippen LogP contribution in [0.2, 0.25) is 0 Å². The highest BCUT2D eigenvalue weighted by molar-refractivity contribution is 5.26. The van der Waals surface area contributed by atoms with Crippen molar-refractivity contribution in [2.45, 2.75) is 38.0 Å². The smallest absolute Gasteiger partial charge is 0.388 e. The number of alkyl halides is 3. The quantitative estimate of drug-likeness (QED) is 0.817. The summed E-state index contributed by atoms with van der Waals surface area (Å²) in [5.74, 6) is 0. The van der Waals surface area contributed by atoms with E-state index in [0.717, 1.165) is 42.5 Å². The summed E-state index contributed by atoms with van der Waals surface area (Å²) < 4.78 is 37.1. The maximum Gasteiger partial charge on any atom is 0.416 e. The molecule has 4 heteroatoms. The van der Waals surface area contributed by atoms with Crippen LogP contribution in [0, 0.1) is 0 Å². The maximum atomic E-state index is 12.4. The lowest BCUT2D eigenvalue weighted by Crippen LogP contribution is -2.13. The zero-order chi connectivity index (χ0) is 13.2. The fraction of sp³-hybridized carbons (Fsp3) is 0.429. The third-order valence-electron chi connectivity index (χ3n) is 3.21. The van der Waals surface area contributed by atoms with Gasteiger partial charge in [0.1, 0.15) is 0 Å². The van der Waals surface area contributed by atoms with E-state index in [1.807, 2.05) is 6.08 Å². The average molecular weight is 256 g/mol. The van der Waals surface area contributed by atoms with Crippen LogP contribution in [-0.4, -0.2) is 11.2 Å². The van der Waals surface area contributed by atoms with E-state index < -0.39 is 17.8 Å². The molecule has 0 heterocycles. The van der Waals surface area contributed by atoms with Crippen LogP contribution in [0.1, 0.15) is 30.4 Å². The normalized spacial score (nSPS) is 17.7. The summed E-state index contributed by atoms with van der Waals surface area (Å²) >= 11 is 0. The third-order valence-corrected chi connectivity index (χ3v) is 3.21. The average Bonchev–Trinajstić information content (AvgIpc) is 2.82. The molecule has 1 aliphatic rings. The molecule has 0 fully saturated rings. The van der Waals surface area contributed by atoms with E-state index in [2.05, 4.69) is 0 Å². The van der Waals surface area contributed by atoms with E-state index in [9.17, 15) is 18.3 Å². The molecule has 1 aromatic carbocycles. The SMILES string of the molecule is OC(Cc1ccc(C(F)(F)F)cc1)C1=CCCC1. The molecule has 0 bridgehead atoms. The fourth-order valence-electron chi connectivity index (χ4n) is 2.18. The first-order valence-electron chi connectivity index (χ1n) is 6.00. The van der Waals surface area contributed by atoms with Crippen LogP contribution in [0.4, 0.5) is 13.2 Å². The molecule has 1 nitrogen and oxygen atoms in total. The number of halogens is 3. The lowest BCUT2D eigenvalue weighted by molar-refractivity contribution is -0.137. The van der Waals surface area contributed by atoms with Crippen LogP contribution < -0.4 is 0 Å². The van der Waals surface area contributed by atoms with Crippen LogP contribution >= 0.6 is 0 Å². The van der Waals surface area contributed by atoms with E-state index in [4.69, 9.17) is 0 Å². The van der Waals surface area contributed by atoms with Crippen molar-refractivity contribution in [2.75, 3.05) is 0 Å². The molecule has 1 atom stereocenters. The zero-order valence-electron chi connectivity index (χ0n) is 9.87. The Labute approximate surface area is 104 Å². The summed E-state index contributed by atoms with van der Waals surface area (Å²) in [5.41, 5.74) is 1.08. The second-order valence-electron chi connectivity index (χ2n) is 4.59. The van der Waals surface area contributed by atoms with Gasteiger partial charge in [-0.3, -0.25) is 0 Å². The van der Waals surface area contributed by atoms with Crippen LogP contribution in [0.5, 0.6) is 0 Å². The van der Waals surface area contributed by atoms with Gasteiger partial charge < -0.3 is 5.11 Å². The standard InChI is InChI=1S/C14H15F3O/c15-14(16,17)12-7-5-10(6-8-12)9-13(18)11-3-1-2-4-11/h3,5-8,13,18H,1-2,4,9H2. The topological polar surface area (TPSA) is 20.2 Å². The fourth-order valence-corrected chi connectivity index (χ4v) is 2.18. The molecule has 1 aliphatic carbocycles. The molecule has 0 aromatic heterocycles. The highest BCUT2D eigenvalue weighted by atomic mass is 19.4. The third kappa shape index (κ3) is 3.13. The predicted molar refractivity (Wildman–Crippen MR) is 63.1 cm³/mol. The highest BCUT2D eigenvalue weighted by Gasteiger charge is 2.30. The lowest BCUT2D eigenvalue weighted by atomic mass is 10.00. The minimum Gasteiger partial charge on any atom is -0.388 e. The van der Waals surface area contributed by atoms with Gasteiger partial charge in [-0.1, -0.05) is 18.2 Å². The highest BCUT2D eigenvalue weighted by Crippen LogP contribution is 2.29. The van der Waals surface area contributed by atoms with Crippen LogP contribution in [-0.2, 0) is 12.6 Å². The Bertz CT molecular complexity index is 431. The number of hydrogen-bond donors (Lipinski definition) is 1. The van der Waals surface area contributed by atoms with Crippen molar-refractivity contribution < 1.29 is 18.3 Å². The number of aliphatic hydroxyl groups is 1. The monoisotopic (exact) mass is 256 g/mol. The van der Waals surface area contributed by atoms with Crippen molar-refractivity contribution in [1.82, 2.24) is 0 Å². The molecule has 0 spiro atoms. The van der Waals surface area contributed by atoms with Crippen molar-refractivity contribution in [3.05, 3.63) is 47.0 Å². The van der Waals surface area contributed by atoms with E-state index >= 15 is 0 Å². The Kier molecular flexibility index (Phi) is 3.76. The number of benzene rings is 1. The second kappa shape index (κ2) is 5.14. The Morgan fingerprint density at radius 3 is 2.33 bits per heavy atom. The van der Waals surface area contributed by atoms with Crippen LogP contribution in [0.25, 0.3) is 0 Å². The minimum absolute atomic E-state index is 0.379. The molecule has 18 heavy (non-hydrogen) atoms. The lowest BCUT2D eigenvalue weighted by Gasteiger charge is -2.13. The summed E-state index contributed by atoms with van der Waals surface area (Å²) in [7, 11) is 0. The first-order chi connectivity index (χ1) is 8.47. The molecule has 0 radical (unpaired) electrons. The van der Waals surface area contributed by atoms with Gasteiger partial charge in [0.25, 0.3) is 0 Å². The van der Waals surface area contributed by atoms with Gasteiger partial charge in [-0.15, -0.1) is 0 Å². The summed E-state index contributed by atoms with van der Waals surface area (Å²) in [6.07, 6.45) is 0.467. The summed E-state index contributed by atoms with van der Waals surface area (Å²) in [6, 6.07) is 4.99. The van der Waals surface area contributed by atoms with Gasteiger partial charge in [-0.25, -0.2) is 0 Å². The summed E-state index contributed by atoms with van der Waals surface area (Å²) in [4.78, 5) is 0. The van der Waals surface area contributed by atoms with Gasteiger partial charge >= 0.3 is 6.18 Å². The Morgan fingerprint density at radius 1 is 1.17 bits per heavy atom. The first-order valence-corrected chi connectivity index (χ1v) is 6.00.